The van der Waals surface area contributed by atoms with E-state index in [0.717, 1.165) is 17.7 Å². The predicted octanol–water partition coefficient (Wildman–Crippen LogP) is 4.92. The molecule has 0 bridgehead atoms. The Morgan fingerprint density at radius 2 is 1.85 bits per heavy atom. The highest BCUT2D eigenvalue weighted by Crippen LogP contribution is 2.30. The molecular weight excluding hydrogens is 452 g/mol. The van der Waals surface area contributed by atoms with Gasteiger partial charge in [0.15, 0.2) is 11.0 Å². The van der Waals surface area contributed by atoms with E-state index in [1.807, 2.05) is 28.8 Å². The van der Waals surface area contributed by atoms with Gasteiger partial charge in [-0.05, 0) is 49.2 Å². The molecule has 1 amide bonds. The molecule has 2 aromatic carbocycles. The Labute approximate surface area is 200 Å². The number of carbonyl (C=O) groups is 1. The number of anilines is 1. The highest BCUT2D eigenvalue weighted by Gasteiger charge is 2.22. The number of nitrogens with zero attached hydrogens (tertiary/aromatic N) is 5. The van der Waals surface area contributed by atoms with Crippen molar-refractivity contribution in [3.05, 3.63) is 88.7 Å². The SMILES string of the molecule is CCc1ccc(-n2c(SC(C)C(=O)Nc3cccc([N+](=O)[O-])c3)nnc2-c2ccncc2)cc1. The molecule has 2 aromatic heterocycles. The van der Waals surface area contributed by atoms with Crippen molar-refractivity contribution in [3.8, 4) is 17.1 Å². The van der Waals surface area contributed by atoms with E-state index < -0.39 is 10.2 Å². The third kappa shape index (κ3) is 5.12. The van der Waals surface area contributed by atoms with Crippen LogP contribution in [0.4, 0.5) is 11.4 Å². The zero-order valence-electron chi connectivity index (χ0n) is 18.6. The lowest BCUT2D eigenvalue weighted by molar-refractivity contribution is -0.384. The van der Waals surface area contributed by atoms with Crippen molar-refractivity contribution in [2.45, 2.75) is 30.7 Å². The van der Waals surface area contributed by atoms with Crippen molar-refractivity contribution in [2.24, 2.45) is 0 Å². The average molecular weight is 475 g/mol. The molecule has 0 spiro atoms. The summed E-state index contributed by atoms with van der Waals surface area (Å²) in [4.78, 5) is 27.4. The first-order valence-corrected chi connectivity index (χ1v) is 11.5. The van der Waals surface area contributed by atoms with Gasteiger partial charge in [0.1, 0.15) is 0 Å². The fraction of sp³-hybridized carbons (Fsp3) is 0.167. The van der Waals surface area contributed by atoms with Crippen molar-refractivity contribution in [1.29, 1.82) is 0 Å². The Hall–Kier alpha value is -4.05. The number of carbonyl (C=O) groups excluding carboxylic acids is 1. The van der Waals surface area contributed by atoms with E-state index in [4.69, 9.17) is 0 Å². The van der Waals surface area contributed by atoms with Gasteiger partial charge in [0, 0.05) is 41.5 Å². The van der Waals surface area contributed by atoms with Gasteiger partial charge in [0.2, 0.25) is 5.91 Å². The van der Waals surface area contributed by atoms with Gasteiger partial charge >= 0.3 is 0 Å². The van der Waals surface area contributed by atoms with Gasteiger partial charge in [-0.25, -0.2) is 0 Å². The van der Waals surface area contributed by atoms with E-state index >= 15 is 0 Å². The number of amides is 1. The lowest BCUT2D eigenvalue weighted by Crippen LogP contribution is -2.23. The standard InChI is InChI=1S/C24H22N6O3S/c1-3-17-7-9-20(10-8-17)29-22(18-11-13-25-14-12-18)27-28-24(29)34-16(2)23(31)26-19-5-4-6-21(15-19)30(32)33/h4-16H,3H2,1-2H3,(H,26,31). The van der Waals surface area contributed by atoms with Gasteiger partial charge < -0.3 is 5.32 Å². The molecule has 172 valence electrons. The smallest absolute Gasteiger partial charge is 0.271 e. The highest BCUT2D eigenvalue weighted by molar-refractivity contribution is 8.00. The van der Waals surface area contributed by atoms with Gasteiger partial charge in [-0.1, -0.05) is 36.9 Å². The molecule has 9 nitrogen and oxygen atoms in total. The molecule has 0 aliphatic heterocycles. The number of pyridine rings is 1. The quantitative estimate of drug-likeness (QED) is 0.219. The fourth-order valence-corrected chi connectivity index (χ4v) is 4.17. The van der Waals surface area contributed by atoms with Gasteiger partial charge in [-0.3, -0.25) is 24.5 Å². The van der Waals surface area contributed by atoms with Crippen LogP contribution in [0.5, 0.6) is 0 Å². The predicted molar refractivity (Wildman–Crippen MR) is 131 cm³/mol. The summed E-state index contributed by atoms with van der Waals surface area (Å²) < 4.78 is 1.91. The molecule has 0 aliphatic carbocycles. The van der Waals surface area contributed by atoms with E-state index in [-0.39, 0.29) is 11.6 Å². The van der Waals surface area contributed by atoms with E-state index in [2.05, 4.69) is 39.6 Å². The molecule has 1 unspecified atom stereocenters. The third-order valence-corrected chi connectivity index (χ3v) is 6.19. The van der Waals surface area contributed by atoms with Crippen molar-refractivity contribution in [2.75, 3.05) is 5.32 Å². The molecule has 1 N–H and O–H groups in total. The van der Waals surface area contributed by atoms with Crippen LogP contribution in [0, 0.1) is 10.1 Å². The van der Waals surface area contributed by atoms with Crippen LogP contribution in [0.1, 0.15) is 19.4 Å². The molecule has 0 saturated heterocycles. The van der Waals surface area contributed by atoms with Crippen LogP contribution in [0.2, 0.25) is 0 Å². The molecule has 0 aliphatic rings. The minimum Gasteiger partial charge on any atom is -0.325 e. The first-order chi connectivity index (χ1) is 16.5. The van der Waals surface area contributed by atoms with Crippen LogP contribution in [0.15, 0.2) is 78.2 Å². The van der Waals surface area contributed by atoms with Gasteiger partial charge in [-0.2, -0.15) is 0 Å². The number of nitrogens with one attached hydrogen (secondary N) is 1. The van der Waals surface area contributed by atoms with Crippen molar-refractivity contribution in [3.63, 3.8) is 0 Å². The summed E-state index contributed by atoms with van der Waals surface area (Å²) in [5.74, 6) is 0.340. The number of hydrogen-bond donors (Lipinski definition) is 1. The van der Waals surface area contributed by atoms with Crippen LogP contribution in [-0.2, 0) is 11.2 Å². The summed E-state index contributed by atoms with van der Waals surface area (Å²) in [7, 11) is 0. The second-order valence-corrected chi connectivity index (χ2v) is 8.76. The molecule has 4 rings (SSSR count). The first kappa shape index (κ1) is 23.1. The van der Waals surface area contributed by atoms with E-state index in [1.165, 1.54) is 35.5 Å². The summed E-state index contributed by atoms with van der Waals surface area (Å²) >= 11 is 1.26. The Balaban J connectivity index is 1.62. The van der Waals surface area contributed by atoms with E-state index in [1.54, 1.807) is 25.4 Å². The number of benzene rings is 2. The number of thioether (sulfide) groups is 1. The van der Waals surface area contributed by atoms with Gasteiger partial charge in [0.05, 0.1) is 10.2 Å². The number of non-ortho nitro benzene ring substituents is 1. The molecule has 10 heteroatoms. The molecule has 0 saturated carbocycles. The number of rotatable bonds is 8. The van der Waals surface area contributed by atoms with Crippen LogP contribution in [-0.4, -0.2) is 35.8 Å². The highest BCUT2D eigenvalue weighted by atomic mass is 32.2. The minimum absolute atomic E-state index is 0.0876. The number of hydrogen-bond acceptors (Lipinski definition) is 7. The topological polar surface area (TPSA) is 116 Å². The number of nitro groups is 1. The third-order valence-electron chi connectivity index (χ3n) is 5.15. The number of nitro benzene ring substituents is 1. The summed E-state index contributed by atoms with van der Waals surface area (Å²) in [5.41, 5.74) is 3.21. The van der Waals surface area contributed by atoms with E-state index in [9.17, 15) is 14.9 Å². The Morgan fingerprint density at radius 1 is 1.12 bits per heavy atom. The van der Waals surface area contributed by atoms with Crippen LogP contribution >= 0.6 is 11.8 Å². The Morgan fingerprint density at radius 3 is 2.53 bits per heavy atom. The zero-order chi connectivity index (χ0) is 24.1. The summed E-state index contributed by atoms with van der Waals surface area (Å²) in [6.07, 6.45) is 4.31. The van der Waals surface area contributed by atoms with E-state index in [0.29, 0.717) is 16.7 Å². The maximum Gasteiger partial charge on any atom is 0.271 e. The first-order valence-electron chi connectivity index (χ1n) is 10.6. The van der Waals surface area contributed by atoms with Crippen molar-refractivity contribution in [1.82, 2.24) is 19.7 Å². The van der Waals surface area contributed by atoms with Crippen LogP contribution in [0.25, 0.3) is 17.1 Å². The maximum atomic E-state index is 12.8. The molecule has 2 heterocycles. The van der Waals surface area contributed by atoms with Crippen LogP contribution < -0.4 is 5.32 Å². The fourth-order valence-electron chi connectivity index (χ4n) is 3.30. The normalized spacial score (nSPS) is 11.7. The summed E-state index contributed by atoms with van der Waals surface area (Å²) in [6.45, 7) is 3.85. The lowest BCUT2D eigenvalue weighted by Gasteiger charge is -2.14. The van der Waals surface area contributed by atoms with Crippen molar-refractivity contribution < 1.29 is 9.72 Å². The minimum atomic E-state index is -0.539. The lowest BCUT2D eigenvalue weighted by atomic mass is 10.1. The molecule has 0 fully saturated rings. The molecule has 34 heavy (non-hydrogen) atoms. The molecular formula is C24H22N6O3S. The molecule has 4 aromatic rings. The maximum absolute atomic E-state index is 12.8. The van der Waals surface area contributed by atoms with Crippen LogP contribution in [0.3, 0.4) is 0 Å². The van der Waals surface area contributed by atoms with Gasteiger partial charge in [0.25, 0.3) is 5.69 Å². The molecule has 0 radical (unpaired) electrons. The monoisotopic (exact) mass is 474 g/mol. The summed E-state index contributed by atoms with van der Waals surface area (Å²) in [5, 5.41) is 22.5. The van der Waals surface area contributed by atoms with Crippen molar-refractivity contribution >= 4 is 29.0 Å². The largest absolute Gasteiger partial charge is 0.325 e. The second kappa shape index (κ2) is 10.3. The molecule has 1 atom stereocenters. The number of aromatic nitrogens is 4. The zero-order valence-corrected chi connectivity index (χ0v) is 19.4. The Kier molecular flexibility index (Phi) is 6.98. The second-order valence-electron chi connectivity index (χ2n) is 7.45. The average Bonchev–Trinajstić information content (AvgIpc) is 3.28. The summed E-state index contributed by atoms with van der Waals surface area (Å²) in [6, 6.07) is 17.7. The number of aryl methyl sites for hydroxylation is 1. The van der Waals surface area contributed by atoms with Gasteiger partial charge in [-0.15, -0.1) is 10.2 Å². The Bertz CT molecular complexity index is 1310.